The predicted octanol–water partition coefficient (Wildman–Crippen LogP) is 1.77. The van der Waals surface area contributed by atoms with E-state index in [2.05, 4.69) is 31.9 Å². The number of alkyl halides is 2. The van der Waals surface area contributed by atoms with Crippen LogP contribution in [-0.4, -0.2) is 17.2 Å². The Labute approximate surface area is 107 Å². The lowest BCUT2D eigenvalue weighted by Crippen LogP contribution is -2.34. The van der Waals surface area contributed by atoms with Crippen LogP contribution >= 0.6 is 31.9 Å². The lowest BCUT2D eigenvalue weighted by atomic mass is 9.74. The van der Waals surface area contributed by atoms with Crippen molar-refractivity contribution in [3.63, 3.8) is 0 Å². The van der Waals surface area contributed by atoms with Gasteiger partial charge in [-0.25, -0.2) is 0 Å². The first-order valence-electron chi connectivity index (χ1n) is 4.62. The number of hydrogen-bond acceptors (Lipinski definition) is 2. The molecule has 0 atom stereocenters. The second-order valence-electron chi connectivity index (χ2n) is 3.51. The number of aryl methyl sites for hydroxylation is 1. The molecule has 0 amide bonds. The van der Waals surface area contributed by atoms with Crippen molar-refractivity contribution in [2.45, 2.75) is 24.5 Å². The molecule has 0 saturated carbocycles. The highest BCUT2D eigenvalue weighted by Gasteiger charge is 2.20. The van der Waals surface area contributed by atoms with Crippen LogP contribution in [0.25, 0.3) is 0 Å². The Bertz CT molecular complexity index is 367. The molecule has 1 aromatic rings. The summed E-state index contributed by atoms with van der Waals surface area (Å²) in [6.07, 6.45) is 0. The predicted molar refractivity (Wildman–Crippen MR) is 71.0 cm³/mol. The van der Waals surface area contributed by atoms with E-state index in [0.717, 1.165) is 22.0 Å². The average molecular weight is 336 g/mol. The average Bonchev–Trinajstić information content (AvgIpc) is 2.20. The minimum Gasteiger partial charge on any atom is -0.423 e. The van der Waals surface area contributed by atoms with Gasteiger partial charge in [-0.05, 0) is 41.6 Å². The summed E-state index contributed by atoms with van der Waals surface area (Å²) in [5.74, 6) is 0. The van der Waals surface area contributed by atoms with Crippen molar-refractivity contribution in [2.24, 2.45) is 0 Å². The molecule has 82 valence electrons. The van der Waals surface area contributed by atoms with Gasteiger partial charge < -0.3 is 10.0 Å². The molecule has 5 heteroatoms. The standard InChI is InChI=1S/C10H13BBr2O2/c1-6-3-10(11(14)15)9(5-13)8(4-12)7(6)2/h3,14-15H,4-5H2,1-2H3. The summed E-state index contributed by atoms with van der Waals surface area (Å²) in [7, 11) is -1.41. The molecule has 2 nitrogen and oxygen atoms in total. The van der Waals surface area contributed by atoms with E-state index < -0.39 is 7.12 Å². The summed E-state index contributed by atoms with van der Waals surface area (Å²) in [5, 5.41) is 19.9. The molecule has 0 saturated heterocycles. The third kappa shape index (κ3) is 2.64. The van der Waals surface area contributed by atoms with Crippen molar-refractivity contribution < 1.29 is 10.0 Å². The van der Waals surface area contributed by atoms with Crippen LogP contribution in [0, 0.1) is 13.8 Å². The van der Waals surface area contributed by atoms with Crippen LogP contribution in [0.5, 0.6) is 0 Å². The highest BCUT2D eigenvalue weighted by Crippen LogP contribution is 2.21. The molecule has 1 rings (SSSR count). The molecule has 0 unspecified atom stereocenters. The van der Waals surface area contributed by atoms with Crippen LogP contribution in [-0.2, 0) is 10.7 Å². The fraction of sp³-hybridized carbons (Fsp3) is 0.400. The lowest BCUT2D eigenvalue weighted by molar-refractivity contribution is 0.425. The van der Waals surface area contributed by atoms with Gasteiger partial charge in [0.05, 0.1) is 0 Å². The van der Waals surface area contributed by atoms with Gasteiger partial charge in [0, 0.05) is 10.7 Å². The van der Waals surface area contributed by atoms with Crippen LogP contribution in [0.2, 0.25) is 0 Å². The third-order valence-electron chi connectivity index (χ3n) is 2.67. The minimum absolute atomic E-state index is 0.587. The zero-order valence-corrected chi connectivity index (χ0v) is 11.9. The second-order valence-corrected chi connectivity index (χ2v) is 4.63. The fourth-order valence-electron chi connectivity index (χ4n) is 1.64. The van der Waals surface area contributed by atoms with Gasteiger partial charge in [-0.2, -0.15) is 0 Å². The molecule has 1 aromatic carbocycles. The van der Waals surface area contributed by atoms with Crippen LogP contribution in [0.4, 0.5) is 0 Å². The summed E-state index contributed by atoms with van der Waals surface area (Å²) < 4.78 is 0. The molecular weight excluding hydrogens is 323 g/mol. The van der Waals surface area contributed by atoms with Gasteiger partial charge in [-0.3, -0.25) is 0 Å². The van der Waals surface area contributed by atoms with Crippen molar-refractivity contribution in [3.05, 3.63) is 28.3 Å². The Morgan fingerprint density at radius 1 is 1.13 bits per heavy atom. The Morgan fingerprint density at radius 2 is 1.67 bits per heavy atom. The first-order chi connectivity index (χ1) is 7.02. The monoisotopic (exact) mass is 334 g/mol. The smallest absolute Gasteiger partial charge is 0.423 e. The van der Waals surface area contributed by atoms with Crippen LogP contribution in [0.15, 0.2) is 6.07 Å². The third-order valence-corrected chi connectivity index (χ3v) is 3.80. The zero-order valence-electron chi connectivity index (χ0n) is 8.72. The minimum atomic E-state index is -1.41. The van der Waals surface area contributed by atoms with E-state index in [0.29, 0.717) is 10.8 Å². The number of rotatable bonds is 3. The zero-order chi connectivity index (χ0) is 11.6. The van der Waals surface area contributed by atoms with Gasteiger partial charge in [0.1, 0.15) is 0 Å². The Morgan fingerprint density at radius 3 is 2.07 bits per heavy atom. The molecule has 2 N–H and O–H groups in total. The highest BCUT2D eigenvalue weighted by atomic mass is 79.9. The summed E-state index contributed by atoms with van der Waals surface area (Å²) in [6.45, 7) is 4.02. The maximum atomic E-state index is 9.29. The molecule has 0 aliphatic rings. The summed E-state index contributed by atoms with van der Waals surface area (Å²) in [4.78, 5) is 0. The number of halogens is 2. The molecule has 0 aliphatic heterocycles. The maximum absolute atomic E-state index is 9.29. The molecule has 0 heterocycles. The van der Waals surface area contributed by atoms with E-state index in [1.54, 1.807) is 0 Å². The summed E-state index contributed by atoms with van der Waals surface area (Å²) >= 11 is 6.82. The molecular formula is C10H13BBr2O2. The van der Waals surface area contributed by atoms with Crippen molar-refractivity contribution >= 4 is 44.4 Å². The number of benzene rings is 1. The van der Waals surface area contributed by atoms with Gasteiger partial charge in [0.2, 0.25) is 0 Å². The molecule has 0 aliphatic carbocycles. The molecule has 0 bridgehead atoms. The maximum Gasteiger partial charge on any atom is 0.488 e. The molecule has 0 radical (unpaired) electrons. The van der Waals surface area contributed by atoms with Gasteiger partial charge in [-0.15, -0.1) is 0 Å². The van der Waals surface area contributed by atoms with Crippen LogP contribution < -0.4 is 5.46 Å². The Kier molecular flexibility index (Phi) is 4.83. The van der Waals surface area contributed by atoms with Crippen molar-refractivity contribution in [2.75, 3.05) is 0 Å². The summed E-state index contributed by atoms with van der Waals surface area (Å²) in [6, 6.07) is 1.84. The Balaban J connectivity index is 3.47. The molecule has 0 spiro atoms. The van der Waals surface area contributed by atoms with E-state index in [1.807, 2.05) is 19.9 Å². The molecule has 15 heavy (non-hydrogen) atoms. The van der Waals surface area contributed by atoms with Gasteiger partial charge in [0.15, 0.2) is 0 Å². The highest BCUT2D eigenvalue weighted by molar-refractivity contribution is 9.09. The second kappa shape index (κ2) is 5.48. The van der Waals surface area contributed by atoms with E-state index in [4.69, 9.17) is 0 Å². The molecule has 0 fully saturated rings. The van der Waals surface area contributed by atoms with Crippen molar-refractivity contribution in [1.82, 2.24) is 0 Å². The topological polar surface area (TPSA) is 40.5 Å². The number of hydrogen-bond donors (Lipinski definition) is 2. The van der Waals surface area contributed by atoms with E-state index in [9.17, 15) is 10.0 Å². The molecule has 0 aromatic heterocycles. The lowest BCUT2D eigenvalue weighted by Gasteiger charge is -2.16. The van der Waals surface area contributed by atoms with Crippen molar-refractivity contribution in [1.29, 1.82) is 0 Å². The van der Waals surface area contributed by atoms with Gasteiger partial charge in [-0.1, -0.05) is 37.9 Å². The van der Waals surface area contributed by atoms with Gasteiger partial charge >= 0.3 is 7.12 Å². The quantitative estimate of drug-likeness (QED) is 0.653. The van der Waals surface area contributed by atoms with Gasteiger partial charge in [0.25, 0.3) is 0 Å². The normalized spacial score (nSPS) is 10.5. The fourth-order valence-corrected chi connectivity index (χ4v) is 3.06. The van der Waals surface area contributed by atoms with E-state index in [1.165, 1.54) is 5.56 Å². The van der Waals surface area contributed by atoms with Crippen LogP contribution in [0.1, 0.15) is 22.3 Å². The summed E-state index contributed by atoms with van der Waals surface area (Å²) in [5.41, 5.74) is 4.97. The van der Waals surface area contributed by atoms with Crippen LogP contribution in [0.3, 0.4) is 0 Å². The van der Waals surface area contributed by atoms with Crippen molar-refractivity contribution in [3.8, 4) is 0 Å². The first-order valence-corrected chi connectivity index (χ1v) is 6.87. The van der Waals surface area contributed by atoms with E-state index >= 15 is 0 Å². The first kappa shape index (κ1) is 13.2. The SMILES string of the molecule is Cc1cc(B(O)O)c(CBr)c(CBr)c1C. The largest absolute Gasteiger partial charge is 0.488 e. The van der Waals surface area contributed by atoms with E-state index in [-0.39, 0.29) is 0 Å². The Hall–Kier alpha value is 0.165.